The van der Waals surface area contributed by atoms with E-state index < -0.39 is 0 Å². The Labute approximate surface area is 581 Å². The first-order chi connectivity index (χ1) is 47.0. The summed E-state index contributed by atoms with van der Waals surface area (Å²) >= 11 is 0. The number of rotatable bonds is 41. The van der Waals surface area contributed by atoms with Crippen LogP contribution in [0, 0.1) is 17.8 Å². The Kier molecular flexibility index (Phi) is 23.8. The molecule has 4 heteroatoms. The van der Waals surface area contributed by atoms with E-state index >= 15 is 0 Å². The Morgan fingerprint density at radius 2 is 0.562 bits per heavy atom. The molecule has 0 amide bonds. The molecule has 7 aromatic rings. The summed E-state index contributed by atoms with van der Waals surface area (Å²) in [5.74, 6) is 0. The van der Waals surface area contributed by atoms with Crippen molar-refractivity contribution in [3.8, 4) is 66.8 Å². The zero-order chi connectivity index (χ0) is 66.4. The lowest BCUT2D eigenvalue weighted by Gasteiger charge is -2.37. The van der Waals surface area contributed by atoms with Gasteiger partial charge >= 0.3 is 0 Å². The van der Waals surface area contributed by atoms with Crippen molar-refractivity contribution in [2.24, 2.45) is 10.8 Å². The first-order valence-electron chi connectivity index (χ1n) is 39.2. The minimum Gasteiger partial charge on any atom is -0.381 e. The monoisotopic (exact) mass is 1290 g/mol. The van der Waals surface area contributed by atoms with Gasteiger partial charge in [-0.2, -0.15) is 0 Å². The van der Waals surface area contributed by atoms with Crippen LogP contribution in [0.5, 0.6) is 0 Å². The first-order valence-corrected chi connectivity index (χ1v) is 39.2. The summed E-state index contributed by atoms with van der Waals surface area (Å²) in [4.78, 5) is 0. The number of ether oxygens (including phenoxy) is 4. The van der Waals surface area contributed by atoms with Crippen LogP contribution >= 0.6 is 0 Å². The Bertz CT molecular complexity index is 3590. The van der Waals surface area contributed by atoms with E-state index in [0.29, 0.717) is 0 Å². The summed E-state index contributed by atoms with van der Waals surface area (Å²) in [5.41, 5.74) is 28.0. The lowest BCUT2D eigenvalue weighted by atomic mass is 9.69. The third-order valence-electron chi connectivity index (χ3n) is 23.8. The summed E-state index contributed by atoms with van der Waals surface area (Å²) in [7, 11) is 0. The van der Waals surface area contributed by atoms with Crippen LogP contribution in [0.25, 0.3) is 66.8 Å². The molecule has 96 heavy (non-hydrogen) atoms. The maximum atomic E-state index is 6.34. The highest BCUT2D eigenvalue weighted by Gasteiger charge is 2.47. The van der Waals surface area contributed by atoms with E-state index in [2.05, 4.69) is 188 Å². The number of hydrogen-bond donors (Lipinski definition) is 0. The van der Waals surface area contributed by atoms with Gasteiger partial charge in [-0.25, -0.2) is 0 Å². The molecular weight excluding hydrogens is 1170 g/mol. The van der Waals surface area contributed by atoms with Gasteiger partial charge in [-0.05, 0) is 189 Å². The molecule has 0 radical (unpaired) electrons. The zero-order valence-corrected chi connectivity index (χ0v) is 60.8. The molecule has 2 aliphatic heterocycles. The predicted molar refractivity (Wildman–Crippen MR) is 407 cm³/mol. The number of unbranched alkanes of at least 4 members (excludes halogenated alkanes) is 18. The fourth-order valence-electron chi connectivity index (χ4n) is 18.2. The van der Waals surface area contributed by atoms with Crippen LogP contribution in [0.15, 0.2) is 140 Å². The molecule has 0 spiro atoms. The molecular formula is C92H120O4. The second-order valence-corrected chi connectivity index (χ2v) is 31.7. The van der Waals surface area contributed by atoms with Crippen LogP contribution in [0.4, 0.5) is 0 Å². The van der Waals surface area contributed by atoms with Crippen LogP contribution < -0.4 is 0 Å². The van der Waals surface area contributed by atoms with Gasteiger partial charge in [0, 0.05) is 40.3 Å². The van der Waals surface area contributed by atoms with Gasteiger partial charge in [0.05, 0.1) is 39.6 Å². The smallest absolute Gasteiger partial charge is 0.0564 e. The van der Waals surface area contributed by atoms with Crippen LogP contribution in [0.1, 0.15) is 273 Å². The molecule has 7 aromatic carbocycles. The third kappa shape index (κ3) is 15.2. The molecule has 2 saturated heterocycles. The number of benzene rings is 7. The SMILES string of the molecule is CCCCCCC1(CCCCCC)c2cc(C)ccc2-c2ccc(-c3ccc4c(c3)C(CCCCCCOCC3(C)COC3)(CCCCCCOCC3(C)COC3)c3cc(-c5ccc6c(c5)C(CCCCCC)(CCCCCC)c5cc(-c7ccccc7)ccc5-6)ccc3-4)cc21. The van der Waals surface area contributed by atoms with Crippen molar-refractivity contribution >= 4 is 0 Å². The van der Waals surface area contributed by atoms with Crippen LogP contribution in [-0.4, -0.2) is 52.9 Å². The van der Waals surface area contributed by atoms with Gasteiger partial charge in [-0.15, -0.1) is 0 Å². The molecule has 4 nitrogen and oxygen atoms in total. The average molecular weight is 1290 g/mol. The molecule has 5 aliphatic rings. The van der Waals surface area contributed by atoms with E-state index in [1.54, 1.807) is 33.4 Å². The summed E-state index contributed by atoms with van der Waals surface area (Å²) < 4.78 is 23.8. The van der Waals surface area contributed by atoms with Crippen LogP contribution in [-0.2, 0) is 35.2 Å². The normalized spacial score (nSPS) is 16.7. The molecule has 512 valence electrons. The largest absolute Gasteiger partial charge is 0.381 e. The van der Waals surface area contributed by atoms with Gasteiger partial charge < -0.3 is 18.9 Å². The molecule has 12 rings (SSSR count). The van der Waals surface area contributed by atoms with Crippen molar-refractivity contribution in [1.82, 2.24) is 0 Å². The number of aryl methyl sites for hydroxylation is 1. The van der Waals surface area contributed by atoms with E-state index in [1.807, 2.05) is 0 Å². The van der Waals surface area contributed by atoms with Crippen molar-refractivity contribution in [3.05, 3.63) is 178 Å². The molecule has 0 saturated carbocycles. The fraction of sp³-hybridized carbons (Fsp3) is 0.543. The molecule has 0 unspecified atom stereocenters. The highest BCUT2D eigenvalue weighted by molar-refractivity contribution is 5.90. The highest BCUT2D eigenvalue weighted by Crippen LogP contribution is 2.60. The maximum absolute atomic E-state index is 6.34. The summed E-state index contributed by atoms with van der Waals surface area (Å²) in [6, 6.07) is 57.2. The highest BCUT2D eigenvalue weighted by atomic mass is 16.5. The number of fused-ring (bicyclic) bond motifs is 9. The van der Waals surface area contributed by atoms with Gasteiger partial charge in [-0.1, -0.05) is 298 Å². The first kappa shape index (κ1) is 70.3. The minimum absolute atomic E-state index is 0.0275. The summed E-state index contributed by atoms with van der Waals surface area (Å²) in [6.07, 6.45) is 37.0. The minimum atomic E-state index is -0.142. The van der Waals surface area contributed by atoms with Gasteiger partial charge in [0.2, 0.25) is 0 Å². The standard InChI is InChI=1S/C92H120O4/c1-8-12-16-27-49-90(50-28-17-13-9-2)82-57-69(5)37-43-76(82)77-45-39-72(59-84(77)90)73-41-47-80-81-48-42-75(74-40-46-79-78-44-38-71(70-35-25-24-26-36-70)58-83(78)91(85(79)60-74,51-29-18-14-10-3)52-30-19-15-11-4)62-87(81)92(86(80)61-73,53-31-20-22-33-55-93-63-88(6)65-95-66-88)54-32-21-23-34-56-94-64-89(7)67-96-68-89/h24-26,35-48,57-62H,8-23,27-34,49-56,63-68H2,1-7H3. The van der Waals surface area contributed by atoms with Crippen LogP contribution in [0.2, 0.25) is 0 Å². The quantitative estimate of drug-likeness (QED) is 0.0358. The molecule has 2 heterocycles. The second kappa shape index (κ2) is 32.6. The average Bonchev–Trinajstić information content (AvgIpc) is 1.57. The molecule has 3 aliphatic carbocycles. The van der Waals surface area contributed by atoms with Crippen molar-refractivity contribution in [2.75, 3.05) is 52.9 Å². The topological polar surface area (TPSA) is 36.9 Å². The van der Waals surface area contributed by atoms with Crippen molar-refractivity contribution in [2.45, 2.75) is 257 Å². The van der Waals surface area contributed by atoms with Crippen molar-refractivity contribution < 1.29 is 18.9 Å². The van der Waals surface area contributed by atoms with E-state index in [9.17, 15) is 0 Å². The van der Waals surface area contributed by atoms with E-state index in [1.165, 1.54) is 239 Å². The lowest BCUT2D eigenvalue weighted by molar-refractivity contribution is -0.137. The summed E-state index contributed by atoms with van der Waals surface area (Å²) in [6.45, 7) is 22.9. The number of hydrogen-bond acceptors (Lipinski definition) is 4. The fourth-order valence-corrected chi connectivity index (χ4v) is 18.2. The summed E-state index contributed by atoms with van der Waals surface area (Å²) in [5, 5.41) is 0. The van der Waals surface area contributed by atoms with E-state index in [4.69, 9.17) is 18.9 Å². The molecule has 0 atom stereocenters. The molecule has 0 bridgehead atoms. The van der Waals surface area contributed by atoms with E-state index in [-0.39, 0.29) is 27.1 Å². The van der Waals surface area contributed by atoms with Gasteiger partial charge in [0.25, 0.3) is 0 Å². The van der Waals surface area contributed by atoms with Gasteiger partial charge in [0.1, 0.15) is 0 Å². The molecule has 2 fully saturated rings. The second-order valence-electron chi connectivity index (χ2n) is 31.7. The van der Waals surface area contributed by atoms with Crippen molar-refractivity contribution in [3.63, 3.8) is 0 Å². The predicted octanol–water partition coefficient (Wildman–Crippen LogP) is 25.7. The lowest BCUT2D eigenvalue weighted by Crippen LogP contribution is -2.43. The molecule has 0 N–H and O–H groups in total. The zero-order valence-electron chi connectivity index (χ0n) is 60.8. The van der Waals surface area contributed by atoms with Gasteiger partial charge in [0.15, 0.2) is 0 Å². The van der Waals surface area contributed by atoms with Crippen LogP contribution in [0.3, 0.4) is 0 Å². The molecule has 0 aromatic heterocycles. The van der Waals surface area contributed by atoms with E-state index in [0.717, 1.165) is 78.5 Å². The Morgan fingerprint density at radius 1 is 0.292 bits per heavy atom. The Morgan fingerprint density at radius 3 is 0.854 bits per heavy atom. The van der Waals surface area contributed by atoms with Crippen molar-refractivity contribution in [1.29, 1.82) is 0 Å². The maximum Gasteiger partial charge on any atom is 0.0564 e. The Balaban J connectivity index is 0.941. The Hall–Kier alpha value is -5.62. The third-order valence-corrected chi connectivity index (χ3v) is 23.8. The van der Waals surface area contributed by atoms with Gasteiger partial charge in [-0.3, -0.25) is 0 Å².